The van der Waals surface area contributed by atoms with E-state index in [1.165, 1.54) is 19.3 Å². The molecule has 0 unspecified atom stereocenters. The van der Waals surface area contributed by atoms with Gasteiger partial charge in [0.1, 0.15) is 18.3 Å². The average molecular weight is 796 g/mol. The zero-order valence-corrected chi connectivity index (χ0v) is 33.1. The number of benzene rings is 2. The van der Waals surface area contributed by atoms with E-state index in [4.69, 9.17) is 15.2 Å². The number of hydrogen-bond donors (Lipinski definition) is 4. The number of hydrogen-bond acceptors (Lipinski definition) is 11. The lowest BCUT2D eigenvalue weighted by Crippen LogP contribution is -2.48. The lowest BCUT2D eigenvalue weighted by Gasteiger charge is -2.26. The van der Waals surface area contributed by atoms with Gasteiger partial charge in [0.25, 0.3) is 5.91 Å². The molecule has 0 fully saturated rings. The van der Waals surface area contributed by atoms with Gasteiger partial charge < -0.3 is 30.9 Å². The van der Waals surface area contributed by atoms with E-state index in [0.29, 0.717) is 15.6 Å². The van der Waals surface area contributed by atoms with E-state index in [-0.39, 0.29) is 50.5 Å². The van der Waals surface area contributed by atoms with Crippen molar-refractivity contribution in [2.75, 3.05) is 26.0 Å². The molecule has 0 heterocycles. The van der Waals surface area contributed by atoms with Crippen LogP contribution in [-0.4, -0.2) is 91.6 Å². The zero-order valence-electron chi connectivity index (χ0n) is 32.3. The first-order valence-electron chi connectivity index (χ1n) is 18.2. The van der Waals surface area contributed by atoms with Crippen LogP contribution < -0.4 is 21.1 Å². The Bertz CT molecular complexity index is 1810. The van der Waals surface area contributed by atoms with Gasteiger partial charge in [-0.2, -0.15) is 5.26 Å². The predicted molar refractivity (Wildman–Crippen MR) is 210 cm³/mol. The van der Waals surface area contributed by atoms with Crippen LogP contribution in [0.3, 0.4) is 0 Å². The van der Waals surface area contributed by atoms with Crippen molar-refractivity contribution in [3.8, 4) is 11.8 Å². The molecule has 56 heavy (non-hydrogen) atoms. The molecule has 4 amide bonds. The van der Waals surface area contributed by atoms with Gasteiger partial charge in [0.05, 0.1) is 31.5 Å². The number of methoxy groups -OCH3 is 1. The van der Waals surface area contributed by atoms with Crippen molar-refractivity contribution in [1.29, 1.82) is 5.26 Å². The minimum absolute atomic E-state index is 0.0561. The second-order valence-electron chi connectivity index (χ2n) is 13.5. The monoisotopic (exact) mass is 795 g/mol. The van der Waals surface area contributed by atoms with Gasteiger partial charge >= 0.3 is 5.97 Å². The Kier molecular flexibility index (Phi) is 20.0. The number of amides is 4. The van der Waals surface area contributed by atoms with Gasteiger partial charge in [0.15, 0.2) is 6.10 Å². The van der Waals surface area contributed by atoms with Crippen LogP contribution in [0.25, 0.3) is 6.08 Å². The summed E-state index contributed by atoms with van der Waals surface area (Å²) in [5.41, 5.74) is 6.78. The molecule has 0 spiro atoms. The number of carbonyl (C=O) groups is 5. The van der Waals surface area contributed by atoms with Crippen molar-refractivity contribution in [2.24, 2.45) is 17.6 Å². The van der Waals surface area contributed by atoms with E-state index in [0.717, 1.165) is 5.56 Å². The first-order valence-corrected chi connectivity index (χ1v) is 19.8. The lowest BCUT2D eigenvalue weighted by molar-refractivity contribution is -0.159. The van der Waals surface area contributed by atoms with Crippen LogP contribution in [0.5, 0.6) is 5.75 Å². The Morgan fingerprint density at radius 1 is 1.02 bits per heavy atom. The third-order valence-corrected chi connectivity index (χ3v) is 10.1. The zero-order chi connectivity index (χ0) is 41.7. The van der Waals surface area contributed by atoms with Crippen molar-refractivity contribution in [1.82, 2.24) is 14.9 Å². The summed E-state index contributed by atoms with van der Waals surface area (Å²) in [6.07, 6.45) is 3.61. The highest BCUT2D eigenvalue weighted by Crippen LogP contribution is 2.17. The van der Waals surface area contributed by atoms with E-state index in [9.17, 15) is 42.8 Å². The van der Waals surface area contributed by atoms with Crippen molar-refractivity contribution in [2.45, 2.75) is 77.5 Å². The van der Waals surface area contributed by atoms with Crippen LogP contribution in [0.1, 0.15) is 64.0 Å². The SMILES string of the molecule is COc1ccc(C[C@@H](NC(=O)/C=C/C[C@H](O)[C@H](C)/C=C/c2ccccc2)C(=O)NCCC(=O)O[C@@H](CC(C)C)C(=O)N(CC#N)S(=O)(=O)CCCC(N)=O)cc1. The number of sulfonamides is 1. The summed E-state index contributed by atoms with van der Waals surface area (Å²) in [6, 6.07) is 17.1. The second kappa shape index (κ2) is 24.1. The maximum atomic E-state index is 13.4. The number of rotatable bonds is 24. The summed E-state index contributed by atoms with van der Waals surface area (Å²) >= 11 is 0. The number of nitrogens with one attached hydrogen (secondary N) is 2. The van der Waals surface area contributed by atoms with Crippen LogP contribution in [0, 0.1) is 23.2 Å². The molecule has 0 saturated heterocycles. The Morgan fingerprint density at radius 3 is 2.30 bits per heavy atom. The van der Waals surface area contributed by atoms with E-state index in [1.807, 2.05) is 49.4 Å². The van der Waals surface area contributed by atoms with Crippen molar-refractivity contribution >= 4 is 45.7 Å². The fourth-order valence-electron chi connectivity index (χ4n) is 5.24. The molecule has 2 aromatic rings. The number of carbonyl (C=O) groups excluding carboxylic acids is 5. The summed E-state index contributed by atoms with van der Waals surface area (Å²) in [4.78, 5) is 63.6. The minimum atomic E-state index is -4.36. The van der Waals surface area contributed by atoms with Gasteiger partial charge in [-0.05, 0) is 54.5 Å². The molecule has 0 aliphatic rings. The standard InChI is InChI=1S/C40H53N5O10S/c1-28(2)26-35(40(51)45(24-22-41)56(52,53)25-9-13-36(42)47)55-38(49)21-23-43-39(50)33(27-31-17-19-32(54-4)20-18-31)44-37(48)14-8-12-34(46)29(3)15-16-30-10-6-5-7-11-30/h5-8,10-11,14-20,28-29,33-35,46H,9,12-13,21,23-27H2,1-4H3,(H2,42,47)(H,43,50)(H,44,48)/b14-8+,16-15+/t29-,33-,34+,35+/m1/s1. The van der Waals surface area contributed by atoms with Gasteiger partial charge in [-0.3, -0.25) is 24.0 Å². The number of aliphatic hydroxyl groups is 1. The maximum absolute atomic E-state index is 13.4. The molecular weight excluding hydrogens is 743 g/mol. The number of nitrogens with zero attached hydrogens (tertiary/aromatic N) is 2. The highest BCUT2D eigenvalue weighted by Gasteiger charge is 2.35. The molecule has 0 bridgehead atoms. The van der Waals surface area contributed by atoms with E-state index in [2.05, 4.69) is 10.6 Å². The Balaban J connectivity index is 2.08. The number of primary amides is 1. The number of nitriles is 1. The fraction of sp³-hybridized carbons (Fsp3) is 0.450. The molecule has 0 saturated carbocycles. The molecule has 0 aliphatic carbocycles. The van der Waals surface area contributed by atoms with Gasteiger partial charge in [-0.25, -0.2) is 12.7 Å². The molecule has 0 aliphatic heterocycles. The predicted octanol–water partition coefficient (Wildman–Crippen LogP) is 2.79. The van der Waals surface area contributed by atoms with Crippen LogP contribution in [0.2, 0.25) is 0 Å². The third-order valence-electron chi connectivity index (χ3n) is 8.36. The van der Waals surface area contributed by atoms with E-state index in [1.54, 1.807) is 44.2 Å². The van der Waals surface area contributed by atoms with E-state index >= 15 is 0 Å². The first kappa shape index (κ1) is 46.6. The fourth-order valence-corrected chi connectivity index (χ4v) is 6.62. The minimum Gasteiger partial charge on any atom is -0.497 e. The summed E-state index contributed by atoms with van der Waals surface area (Å²) in [5, 5.41) is 25.1. The molecule has 2 aromatic carbocycles. The lowest BCUT2D eigenvalue weighted by atomic mass is 10.00. The maximum Gasteiger partial charge on any atom is 0.308 e. The smallest absolute Gasteiger partial charge is 0.308 e. The molecule has 15 nitrogen and oxygen atoms in total. The number of aliphatic hydroxyl groups excluding tert-OH is 1. The highest BCUT2D eigenvalue weighted by atomic mass is 32.2. The van der Waals surface area contributed by atoms with Gasteiger partial charge in [0, 0.05) is 25.3 Å². The largest absolute Gasteiger partial charge is 0.497 e. The summed E-state index contributed by atoms with van der Waals surface area (Å²) in [6.45, 7) is 4.23. The molecule has 5 N–H and O–H groups in total. The first-order chi connectivity index (χ1) is 26.6. The average Bonchev–Trinajstić information content (AvgIpc) is 3.15. The Labute approximate surface area is 329 Å². The van der Waals surface area contributed by atoms with Crippen molar-refractivity contribution in [3.05, 3.63) is 84.0 Å². The number of nitrogens with two attached hydrogens (primary N) is 1. The van der Waals surface area contributed by atoms with Crippen LogP contribution in [0.15, 0.2) is 72.8 Å². The quantitative estimate of drug-likeness (QED) is 0.0685. The van der Waals surface area contributed by atoms with E-state index < -0.39 is 76.6 Å². The number of ether oxygens (including phenoxy) is 2. The Morgan fingerprint density at radius 2 is 1.70 bits per heavy atom. The summed E-state index contributed by atoms with van der Waals surface area (Å²) in [5.74, 6) is -4.43. The third kappa shape index (κ3) is 17.3. The van der Waals surface area contributed by atoms with Gasteiger partial charge in [-0.1, -0.05) is 81.5 Å². The van der Waals surface area contributed by atoms with Crippen molar-refractivity contribution < 1.29 is 47.0 Å². The van der Waals surface area contributed by atoms with Gasteiger partial charge in [-0.15, -0.1) is 0 Å². The summed E-state index contributed by atoms with van der Waals surface area (Å²) in [7, 11) is -2.84. The molecule has 0 radical (unpaired) electrons. The number of esters is 1. The van der Waals surface area contributed by atoms with Crippen LogP contribution in [0.4, 0.5) is 0 Å². The molecule has 304 valence electrons. The molecule has 4 atom stereocenters. The molecule has 2 rings (SSSR count). The van der Waals surface area contributed by atoms with Gasteiger partial charge in [0.2, 0.25) is 27.7 Å². The highest BCUT2D eigenvalue weighted by molar-refractivity contribution is 7.89. The van der Waals surface area contributed by atoms with Crippen LogP contribution >= 0.6 is 0 Å². The van der Waals surface area contributed by atoms with Crippen LogP contribution in [-0.2, 0) is 45.2 Å². The van der Waals surface area contributed by atoms with Crippen molar-refractivity contribution in [3.63, 3.8) is 0 Å². The topological polar surface area (TPSA) is 235 Å². The molecule has 16 heteroatoms. The molecular formula is C40H53N5O10S. The second-order valence-corrected chi connectivity index (χ2v) is 15.5. The normalized spacial score (nSPS) is 13.7. The summed E-state index contributed by atoms with van der Waals surface area (Å²) < 4.78 is 36.7. The Hall–Kier alpha value is -5.53. The molecule has 0 aromatic heterocycles.